The highest BCUT2D eigenvalue weighted by Gasteiger charge is 2.41. The summed E-state index contributed by atoms with van der Waals surface area (Å²) in [4.78, 5) is 5.57. The summed E-state index contributed by atoms with van der Waals surface area (Å²) in [5, 5.41) is 6.09. The zero-order valence-electron chi connectivity index (χ0n) is 12.4. The summed E-state index contributed by atoms with van der Waals surface area (Å²) in [6.07, 6.45) is 1.39. The Hall–Kier alpha value is -2.05. The average Bonchev–Trinajstić information content (AvgIpc) is 3.27. The highest BCUT2D eigenvalue weighted by atomic mass is 32.1. The molecule has 4 rings (SSSR count). The molecule has 1 aliphatic rings. The van der Waals surface area contributed by atoms with Crippen LogP contribution >= 0.6 is 11.3 Å². The van der Waals surface area contributed by atoms with Crippen LogP contribution in [0.15, 0.2) is 46.3 Å². The molecule has 0 spiro atoms. The van der Waals surface area contributed by atoms with Crippen LogP contribution in [0.5, 0.6) is 0 Å². The molecule has 0 atom stereocenters. The molecule has 2 aromatic heterocycles. The number of aromatic nitrogens is 2. The molecule has 0 aliphatic carbocycles. The molecule has 118 valence electrons. The van der Waals surface area contributed by atoms with Gasteiger partial charge in [0.2, 0.25) is 11.7 Å². The molecule has 0 N–H and O–H groups in total. The average molecular weight is 330 g/mol. The lowest BCUT2D eigenvalue weighted by Gasteiger charge is -2.34. The number of halogens is 1. The first-order valence-corrected chi connectivity index (χ1v) is 8.38. The first-order valence-electron chi connectivity index (χ1n) is 7.50. The van der Waals surface area contributed by atoms with Gasteiger partial charge in [-0.05, 0) is 42.0 Å². The van der Waals surface area contributed by atoms with Crippen molar-refractivity contribution in [3.63, 3.8) is 0 Å². The fraction of sp³-hybridized carbons (Fsp3) is 0.294. The van der Waals surface area contributed by atoms with Crippen molar-refractivity contribution < 1.29 is 13.7 Å². The molecule has 4 nitrogen and oxygen atoms in total. The second-order valence-electron chi connectivity index (χ2n) is 5.61. The Morgan fingerprint density at radius 2 is 2.00 bits per heavy atom. The van der Waals surface area contributed by atoms with Gasteiger partial charge in [-0.25, -0.2) is 4.39 Å². The van der Waals surface area contributed by atoms with E-state index in [9.17, 15) is 4.39 Å². The number of nitrogens with zero attached hydrogens (tertiary/aromatic N) is 2. The Morgan fingerprint density at radius 1 is 1.13 bits per heavy atom. The topological polar surface area (TPSA) is 48.2 Å². The molecule has 1 aliphatic heterocycles. The summed E-state index contributed by atoms with van der Waals surface area (Å²) in [6.45, 7) is 1.18. The molecular weight excluding hydrogens is 315 g/mol. The third kappa shape index (κ3) is 2.58. The van der Waals surface area contributed by atoms with Gasteiger partial charge in [-0.2, -0.15) is 4.98 Å². The van der Waals surface area contributed by atoms with Crippen molar-refractivity contribution >= 4 is 11.3 Å². The van der Waals surface area contributed by atoms with Gasteiger partial charge in [0.15, 0.2) is 0 Å². The van der Waals surface area contributed by atoms with Crippen LogP contribution in [-0.4, -0.2) is 23.4 Å². The summed E-state index contributed by atoms with van der Waals surface area (Å²) < 4.78 is 24.8. The van der Waals surface area contributed by atoms with Gasteiger partial charge in [-0.15, -0.1) is 11.3 Å². The number of thiophene rings is 1. The van der Waals surface area contributed by atoms with Crippen molar-refractivity contribution in [1.29, 1.82) is 0 Å². The SMILES string of the molecule is Fc1cccc(C2(c3nc(-c4cccs4)no3)CCOCC2)c1. The van der Waals surface area contributed by atoms with Gasteiger partial charge >= 0.3 is 0 Å². The summed E-state index contributed by atoms with van der Waals surface area (Å²) >= 11 is 1.56. The highest BCUT2D eigenvalue weighted by Crippen LogP contribution is 2.41. The molecule has 1 aromatic carbocycles. The monoisotopic (exact) mass is 330 g/mol. The van der Waals surface area contributed by atoms with E-state index in [4.69, 9.17) is 9.26 Å². The van der Waals surface area contributed by atoms with E-state index < -0.39 is 5.41 Å². The van der Waals surface area contributed by atoms with E-state index in [1.807, 2.05) is 23.6 Å². The van der Waals surface area contributed by atoms with Crippen molar-refractivity contribution in [3.05, 3.63) is 59.0 Å². The molecule has 23 heavy (non-hydrogen) atoms. The number of benzene rings is 1. The van der Waals surface area contributed by atoms with Crippen LogP contribution in [-0.2, 0) is 10.2 Å². The maximum absolute atomic E-state index is 13.7. The van der Waals surface area contributed by atoms with Crippen molar-refractivity contribution in [2.75, 3.05) is 13.2 Å². The second-order valence-corrected chi connectivity index (χ2v) is 6.55. The number of ether oxygens (including phenoxy) is 1. The summed E-state index contributed by atoms with van der Waals surface area (Å²) in [6, 6.07) is 10.6. The summed E-state index contributed by atoms with van der Waals surface area (Å²) in [7, 11) is 0. The van der Waals surface area contributed by atoms with Gasteiger partial charge in [-0.1, -0.05) is 23.4 Å². The fourth-order valence-electron chi connectivity index (χ4n) is 3.06. The predicted molar refractivity (Wildman–Crippen MR) is 84.8 cm³/mol. The Kier molecular flexibility index (Phi) is 3.71. The minimum absolute atomic E-state index is 0.258. The zero-order valence-corrected chi connectivity index (χ0v) is 13.2. The van der Waals surface area contributed by atoms with Gasteiger partial charge < -0.3 is 9.26 Å². The standard InChI is InChI=1S/C17H15FN2O2S/c18-13-4-1-3-12(11-13)17(6-8-21-9-7-17)16-19-15(20-22-16)14-5-2-10-23-14/h1-5,10-11H,6-9H2. The molecule has 0 bridgehead atoms. The normalized spacial score (nSPS) is 17.3. The lowest BCUT2D eigenvalue weighted by molar-refractivity contribution is 0.0522. The van der Waals surface area contributed by atoms with E-state index >= 15 is 0 Å². The van der Waals surface area contributed by atoms with Gasteiger partial charge in [0.25, 0.3) is 0 Å². The van der Waals surface area contributed by atoms with Gasteiger partial charge in [0.05, 0.1) is 10.3 Å². The molecule has 1 saturated heterocycles. The number of rotatable bonds is 3. The molecular formula is C17H15FN2O2S. The lowest BCUT2D eigenvalue weighted by atomic mass is 9.74. The van der Waals surface area contributed by atoms with Crippen LogP contribution in [0.25, 0.3) is 10.7 Å². The lowest BCUT2D eigenvalue weighted by Crippen LogP contribution is -2.35. The van der Waals surface area contributed by atoms with Crippen LogP contribution in [0.4, 0.5) is 4.39 Å². The van der Waals surface area contributed by atoms with Crippen LogP contribution in [0.3, 0.4) is 0 Å². The van der Waals surface area contributed by atoms with Gasteiger partial charge in [0.1, 0.15) is 5.82 Å². The van der Waals surface area contributed by atoms with Gasteiger partial charge in [0, 0.05) is 13.2 Å². The predicted octanol–water partition coefficient (Wildman–Crippen LogP) is 4.03. The third-order valence-corrected chi connectivity index (χ3v) is 5.17. The summed E-state index contributed by atoms with van der Waals surface area (Å²) in [5.74, 6) is 0.860. The van der Waals surface area contributed by atoms with E-state index in [1.54, 1.807) is 23.5 Å². The van der Waals surface area contributed by atoms with E-state index in [1.165, 1.54) is 6.07 Å². The molecule has 0 saturated carbocycles. The Labute approximate surface area is 136 Å². The van der Waals surface area contributed by atoms with E-state index in [0.29, 0.717) is 37.8 Å². The van der Waals surface area contributed by atoms with Crippen LogP contribution in [0, 0.1) is 5.82 Å². The van der Waals surface area contributed by atoms with Crippen molar-refractivity contribution in [2.45, 2.75) is 18.3 Å². The maximum atomic E-state index is 13.7. The minimum Gasteiger partial charge on any atom is -0.381 e. The molecule has 3 aromatic rings. The van der Waals surface area contributed by atoms with Crippen LogP contribution < -0.4 is 0 Å². The quantitative estimate of drug-likeness (QED) is 0.727. The van der Waals surface area contributed by atoms with E-state index in [2.05, 4.69) is 10.1 Å². The third-order valence-electron chi connectivity index (χ3n) is 4.30. The van der Waals surface area contributed by atoms with E-state index in [-0.39, 0.29) is 5.82 Å². The highest BCUT2D eigenvalue weighted by molar-refractivity contribution is 7.13. The van der Waals surface area contributed by atoms with Crippen molar-refractivity contribution in [3.8, 4) is 10.7 Å². The smallest absolute Gasteiger partial charge is 0.237 e. The van der Waals surface area contributed by atoms with Crippen LogP contribution in [0.2, 0.25) is 0 Å². The van der Waals surface area contributed by atoms with Crippen LogP contribution in [0.1, 0.15) is 24.3 Å². The van der Waals surface area contributed by atoms with Gasteiger partial charge in [-0.3, -0.25) is 0 Å². The Balaban J connectivity index is 1.80. The molecule has 1 fully saturated rings. The Bertz CT molecular complexity index is 795. The number of hydrogen-bond donors (Lipinski definition) is 0. The molecule has 0 radical (unpaired) electrons. The first kappa shape index (κ1) is 14.5. The maximum Gasteiger partial charge on any atom is 0.237 e. The molecule has 0 amide bonds. The van der Waals surface area contributed by atoms with Crippen molar-refractivity contribution in [1.82, 2.24) is 10.1 Å². The Morgan fingerprint density at radius 3 is 2.74 bits per heavy atom. The second kappa shape index (κ2) is 5.86. The zero-order chi connectivity index (χ0) is 15.7. The minimum atomic E-state index is -0.483. The van der Waals surface area contributed by atoms with E-state index in [0.717, 1.165) is 10.4 Å². The molecule has 6 heteroatoms. The van der Waals surface area contributed by atoms with Crippen molar-refractivity contribution in [2.24, 2.45) is 0 Å². The molecule has 0 unspecified atom stereocenters. The fourth-order valence-corrected chi connectivity index (χ4v) is 3.70. The largest absolute Gasteiger partial charge is 0.381 e. The molecule has 3 heterocycles. The number of hydrogen-bond acceptors (Lipinski definition) is 5. The first-order chi connectivity index (χ1) is 11.3. The summed E-state index contributed by atoms with van der Waals surface area (Å²) in [5.41, 5.74) is 0.380.